The van der Waals surface area contributed by atoms with Crippen LogP contribution in [-0.4, -0.2) is 46.5 Å². The van der Waals surface area contributed by atoms with Crippen molar-refractivity contribution >= 4 is 13.6 Å². The highest BCUT2D eigenvalue weighted by Crippen LogP contribution is 2.24. The number of carbonyl (C=O) groups is 1. The minimum Gasteiger partial charge on any atom is -0.790 e. The van der Waals surface area contributed by atoms with Gasteiger partial charge in [0.25, 0.3) is 0 Å². The van der Waals surface area contributed by atoms with Gasteiger partial charge in [-0.2, -0.15) is 0 Å². The van der Waals surface area contributed by atoms with Crippen LogP contribution in [0.3, 0.4) is 0 Å². The van der Waals surface area contributed by atoms with Gasteiger partial charge in [-0.15, -0.1) is 0 Å². The van der Waals surface area contributed by atoms with Crippen molar-refractivity contribution in [2.45, 2.75) is 12.2 Å². The Hall–Kier alpha value is -0.380. The fourth-order valence-electron chi connectivity index (χ4n) is 0.567. The van der Waals surface area contributed by atoms with Crippen molar-refractivity contribution < 1.29 is 44.5 Å². The molecule has 0 aromatic carbocycles. The Morgan fingerprint density at radius 3 is 2.20 bits per heavy atom. The van der Waals surface area contributed by atoms with Crippen molar-refractivity contribution in [3.63, 3.8) is 0 Å². The Labute approximate surface area is 84.5 Å². The molecule has 2 atom stereocenters. The fourth-order valence-corrected chi connectivity index (χ4v) is 0.902. The second-order valence-electron chi connectivity index (χ2n) is 2.38. The van der Waals surface area contributed by atoms with E-state index in [1.54, 1.807) is 0 Å². The molecule has 0 rings (SSSR count). The number of ketones is 1. The van der Waals surface area contributed by atoms with Crippen molar-refractivity contribution in [2.75, 3.05) is 13.2 Å². The van der Waals surface area contributed by atoms with Crippen molar-refractivity contribution in [3.8, 4) is 0 Å². The van der Waals surface area contributed by atoms with Crippen LogP contribution in [0, 0.1) is 0 Å². The number of aliphatic hydroxyl groups is 3. The van der Waals surface area contributed by atoms with Gasteiger partial charge in [0.1, 0.15) is 18.8 Å². The van der Waals surface area contributed by atoms with E-state index in [2.05, 4.69) is 4.52 Å². The van der Waals surface area contributed by atoms with Crippen molar-refractivity contribution in [1.29, 1.82) is 0 Å². The molecule has 0 aliphatic heterocycles. The van der Waals surface area contributed by atoms with Gasteiger partial charge in [-0.3, -0.25) is 4.79 Å². The van der Waals surface area contributed by atoms with E-state index in [-0.39, 0.29) is 5.48 Å². The molecule has 10 heteroatoms. The summed E-state index contributed by atoms with van der Waals surface area (Å²) in [6, 6.07) is 0. The van der Waals surface area contributed by atoms with Gasteiger partial charge in [-0.05, 0) is 0 Å². The second-order valence-corrected chi connectivity index (χ2v) is 3.53. The molecule has 0 saturated carbocycles. The van der Waals surface area contributed by atoms with Gasteiger partial charge in [0, 0.05) is 0 Å². The van der Waals surface area contributed by atoms with E-state index in [0.29, 0.717) is 0 Å². The van der Waals surface area contributed by atoms with Gasteiger partial charge in [0.05, 0.1) is 14.4 Å². The maximum Gasteiger partial charge on any atom is 2.00 e. The average Bonchev–Trinajstić information content (AvgIpc) is 2.10. The molecule has 15 heavy (non-hydrogen) atoms. The van der Waals surface area contributed by atoms with Crippen LogP contribution in [0.4, 0.5) is 0 Å². The standard InChI is InChI=1S/C5H11O8P.O/c6-1-3(7)5(9)4(8)2-13-14(10,11)12;/h4-6,8-9H,1-2H2,(H2,10,11,12);/q;+2/p-2/t4-,5-;/m1./s1. The lowest BCUT2D eigenvalue weighted by Crippen LogP contribution is -2.39. The number of phosphoric ester groups is 1. The molecule has 0 aromatic rings. The number of carbonyl (C=O) groups excluding carboxylic acids is 1. The summed E-state index contributed by atoms with van der Waals surface area (Å²) in [7, 11) is -5.24. The number of aliphatic hydroxyl groups excluding tert-OH is 3. The lowest BCUT2D eigenvalue weighted by molar-refractivity contribution is -0.343. The van der Waals surface area contributed by atoms with E-state index in [9.17, 15) is 19.1 Å². The van der Waals surface area contributed by atoms with Gasteiger partial charge in [-0.1, -0.05) is 0 Å². The number of hydrogen-bond acceptors (Lipinski definition) is 8. The molecule has 0 aromatic heterocycles. The Balaban J connectivity index is 0. The minimum absolute atomic E-state index is 0. The molecule has 0 unspecified atom stereocenters. The minimum atomic E-state index is -5.24. The molecule has 4 radical (unpaired) electrons. The summed E-state index contributed by atoms with van der Waals surface area (Å²) in [4.78, 5) is 30.4. The zero-order valence-corrected chi connectivity index (χ0v) is 8.20. The maximum absolute atomic E-state index is 10.5. The smallest absolute Gasteiger partial charge is 0.790 e. The first-order chi connectivity index (χ1) is 6.28. The number of rotatable bonds is 6. The van der Waals surface area contributed by atoms with Crippen LogP contribution < -0.4 is 9.79 Å². The summed E-state index contributed by atoms with van der Waals surface area (Å²) < 4.78 is 13.5. The van der Waals surface area contributed by atoms with Crippen LogP contribution in [-0.2, 0) is 19.4 Å². The zero-order valence-electron chi connectivity index (χ0n) is 7.31. The molecule has 0 aliphatic carbocycles. The van der Waals surface area contributed by atoms with Gasteiger partial charge >= 0.3 is 5.48 Å². The van der Waals surface area contributed by atoms with Crippen LogP contribution in [0.5, 0.6) is 0 Å². The van der Waals surface area contributed by atoms with E-state index < -0.39 is 39.0 Å². The van der Waals surface area contributed by atoms with Crippen LogP contribution in [0.15, 0.2) is 0 Å². The highest BCUT2D eigenvalue weighted by atomic mass is 31.2. The third kappa shape index (κ3) is 7.54. The van der Waals surface area contributed by atoms with E-state index in [1.165, 1.54) is 0 Å². The Morgan fingerprint density at radius 2 is 1.87 bits per heavy atom. The van der Waals surface area contributed by atoms with Crippen molar-refractivity contribution in [2.24, 2.45) is 0 Å². The van der Waals surface area contributed by atoms with E-state index >= 15 is 0 Å². The quantitative estimate of drug-likeness (QED) is 0.395. The summed E-state index contributed by atoms with van der Waals surface area (Å²) in [6.45, 7) is -2.04. The van der Waals surface area contributed by atoms with Gasteiger partial charge in [0.2, 0.25) is 0 Å². The molecule has 9 nitrogen and oxygen atoms in total. The summed E-state index contributed by atoms with van der Waals surface area (Å²) in [5.74, 6) is -1.10. The van der Waals surface area contributed by atoms with E-state index in [4.69, 9.17) is 15.3 Å². The number of phosphoric acid groups is 1. The molecule has 0 fully saturated rings. The Kier molecular flexibility index (Phi) is 7.93. The fraction of sp³-hybridized carbons (Fsp3) is 0.800. The molecular weight excluding hydrogens is 235 g/mol. The number of hydrogen-bond donors (Lipinski definition) is 3. The topological polar surface area (TPSA) is 179 Å². The van der Waals surface area contributed by atoms with Gasteiger partial charge < -0.3 is 34.2 Å². The Bertz CT molecular complexity index is 235. The molecule has 0 heterocycles. The van der Waals surface area contributed by atoms with Crippen molar-refractivity contribution in [1.82, 2.24) is 0 Å². The molecule has 0 bridgehead atoms. The third-order valence-electron chi connectivity index (χ3n) is 1.25. The molecule has 3 N–H and O–H groups in total. The van der Waals surface area contributed by atoms with E-state index in [0.717, 1.165) is 0 Å². The van der Waals surface area contributed by atoms with Crippen LogP contribution in [0.25, 0.3) is 0 Å². The first kappa shape index (κ1) is 17.0. The predicted molar refractivity (Wildman–Crippen MR) is 38.4 cm³/mol. The van der Waals surface area contributed by atoms with Crippen LogP contribution >= 0.6 is 7.82 Å². The highest BCUT2D eigenvalue weighted by Gasteiger charge is 2.23. The third-order valence-corrected chi connectivity index (χ3v) is 1.72. The van der Waals surface area contributed by atoms with Crippen LogP contribution in [0.1, 0.15) is 0 Å². The SMILES string of the molecule is O=C(CO)[C@@H](O)[C@H](O)COP(=O)([O-])[O-].[O+2]. The largest absolute Gasteiger partial charge is 2.00 e. The molecule has 88 valence electrons. The predicted octanol–water partition coefficient (Wildman–Crippen LogP) is -4.00. The lowest BCUT2D eigenvalue weighted by Gasteiger charge is -2.30. The van der Waals surface area contributed by atoms with Gasteiger partial charge in [0.15, 0.2) is 5.78 Å². The first-order valence-corrected chi connectivity index (χ1v) is 4.90. The van der Waals surface area contributed by atoms with E-state index in [1.807, 2.05) is 0 Å². The summed E-state index contributed by atoms with van der Waals surface area (Å²) in [6.07, 6.45) is -3.85. The van der Waals surface area contributed by atoms with Crippen molar-refractivity contribution in [3.05, 3.63) is 0 Å². The van der Waals surface area contributed by atoms with Gasteiger partial charge in [-0.25, -0.2) is 0 Å². The molecule has 0 spiro atoms. The monoisotopic (exact) mass is 244 g/mol. The number of Topliss-reactive ketones (excluding diaryl/α,β-unsaturated/α-hetero) is 1. The molecule has 0 saturated heterocycles. The Morgan fingerprint density at radius 1 is 1.40 bits per heavy atom. The molecule has 0 amide bonds. The first-order valence-electron chi connectivity index (χ1n) is 3.44. The summed E-state index contributed by atoms with van der Waals surface area (Å²) in [5.41, 5.74) is 0. The summed E-state index contributed by atoms with van der Waals surface area (Å²) >= 11 is 0. The summed E-state index contributed by atoms with van der Waals surface area (Å²) in [5, 5.41) is 26.0. The normalized spacial score (nSPS) is 15.3. The molecular formula is C5H9O9P. The average molecular weight is 244 g/mol. The lowest BCUT2D eigenvalue weighted by atomic mass is 10.1. The highest BCUT2D eigenvalue weighted by molar-refractivity contribution is 7.43. The maximum atomic E-state index is 10.5. The zero-order chi connectivity index (χ0) is 11.4. The van der Waals surface area contributed by atoms with Crippen LogP contribution in [0.2, 0.25) is 0 Å². The second kappa shape index (κ2) is 6.99. The molecule has 0 aliphatic rings.